The Hall–Kier alpha value is -2.20. The van der Waals surface area contributed by atoms with Gasteiger partial charge in [-0.2, -0.15) is 0 Å². The molecule has 1 heterocycles. The van der Waals surface area contributed by atoms with E-state index in [1.165, 1.54) is 11.1 Å². The molecule has 0 radical (unpaired) electrons. The van der Waals surface area contributed by atoms with Gasteiger partial charge in [0, 0.05) is 18.2 Å². The minimum Gasteiger partial charge on any atom is -0.488 e. The molecule has 2 aromatic carbocycles. The molecule has 1 aliphatic rings. The number of aryl methyl sites for hydroxylation is 2. The van der Waals surface area contributed by atoms with Gasteiger partial charge < -0.3 is 19.9 Å². The summed E-state index contributed by atoms with van der Waals surface area (Å²) in [5.41, 5.74) is 10.4. The van der Waals surface area contributed by atoms with Gasteiger partial charge in [0.15, 0.2) is 11.5 Å². The topological polar surface area (TPSA) is 53.7 Å². The van der Waals surface area contributed by atoms with E-state index < -0.39 is 0 Å². The average molecular weight is 285 g/mol. The highest BCUT2D eigenvalue weighted by Gasteiger charge is 2.17. The first-order valence-electron chi connectivity index (χ1n) is 6.99. The van der Waals surface area contributed by atoms with Gasteiger partial charge in [0.05, 0.1) is 0 Å². The molecule has 0 unspecified atom stereocenters. The van der Waals surface area contributed by atoms with E-state index >= 15 is 0 Å². The fourth-order valence-corrected chi connectivity index (χ4v) is 2.31. The molecular weight excluding hydrogens is 266 g/mol. The molecule has 0 saturated heterocycles. The van der Waals surface area contributed by atoms with Crippen LogP contribution in [0.1, 0.15) is 22.3 Å². The Kier molecular flexibility index (Phi) is 3.71. The number of ether oxygens (including phenoxy) is 3. The zero-order valence-corrected chi connectivity index (χ0v) is 12.3. The second-order valence-corrected chi connectivity index (χ2v) is 5.22. The Morgan fingerprint density at radius 2 is 1.81 bits per heavy atom. The molecule has 0 spiro atoms. The number of hydrogen-bond donors (Lipinski definition) is 1. The number of rotatable bonds is 4. The van der Waals surface area contributed by atoms with E-state index in [2.05, 4.69) is 32.0 Å². The minimum atomic E-state index is 0.250. The SMILES string of the molecule is Cc1ccc(COc2cc3c(cc2CN)OCO3)cc1C. The van der Waals surface area contributed by atoms with Crippen molar-refractivity contribution in [2.75, 3.05) is 6.79 Å². The molecule has 2 N–H and O–H groups in total. The largest absolute Gasteiger partial charge is 0.488 e. The van der Waals surface area contributed by atoms with Crippen LogP contribution in [0.2, 0.25) is 0 Å². The smallest absolute Gasteiger partial charge is 0.231 e. The van der Waals surface area contributed by atoms with Crippen LogP contribution in [0.3, 0.4) is 0 Å². The zero-order valence-electron chi connectivity index (χ0n) is 12.3. The van der Waals surface area contributed by atoms with Crippen LogP contribution in [0.4, 0.5) is 0 Å². The molecule has 0 aliphatic carbocycles. The number of fused-ring (bicyclic) bond motifs is 1. The Bertz CT molecular complexity index is 667. The van der Waals surface area contributed by atoms with E-state index in [0.29, 0.717) is 18.9 Å². The van der Waals surface area contributed by atoms with Gasteiger partial charge in [0.25, 0.3) is 0 Å². The van der Waals surface area contributed by atoms with Crippen molar-refractivity contribution in [1.29, 1.82) is 0 Å². The van der Waals surface area contributed by atoms with Gasteiger partial charge in [-0.25, -0.2) is 0 Å². The van der Waals surface area contributed by atoms with E-state index in [-0.39, 0.29) is 6.79 Å². The van der Waals surface area contributed by atoms with Crippen LogP contribution in [0.25, 0.3) is 0 Å². The molecule has 4 nitrogen and oxygen atoms in total. The molecule has 21 heavy (non-hydrogen) atoms. The van der Waals surface area contributed by atoms with Crippen molar-refractivity contribution >= 4 is 0 Å². The van der Waals surface area contributed by atoms with E-state index in [1.807, 2.05) is 12.1 Å². The highest BCUT2D eigenvalue weighted by atomic mass is 16.7. The third-order valence-corrected chi connectivity index (χ3v) is 3.74. The lowest BCUT2D eigenvalue weighted by atomic mass is 10.1. The maximum atomic E-state index is 5.92. The Morgan fingerprint density at radius 3 is 2.52 bits per heavy atom. The highest BCUT2D eigenvalue weighted by molar-refractivity contribution is 5.51. The second-order valence-electron chi connectivity index (χ2n) is 5.22. The summed E-state index contributed by atoms with van der Waals surface area (Å²) in [6.07, 6.45) is 0. The van der Waals surface area contributed by atoms with E-state index in [4.69, 9.17) is 19.9 Å². The maximum Gasteiger partial charge on any atom is 0.231 e. The molecule has 0 bridgehead atoms. The van der Waals surface area contributed by atoms with Crippen molar-refractivity contribution in [1.82, 2.24) is 0 Å². The average Bonchev–Trinajstić information content (AvgIpc) is 2.94. The van der Waals surface area contributed by atoms with E-state index in [9.17, 15) is 0 Å². The lowest BCUT2D eigenvalue weighted by molar-refractivity contribution is 0.173. The molecule has 4 heteroatoms. The molecule has 0 fully saturated rings. The monoisotopic (exact) mass is 285 g/mol. The van der Waals surface area contributed by atoms with Crippen LogP contribution < -0.4 is 19.9 Å². The van der Waals surface area contributed by atoms with Crippen LogP contribution in [-0.2, 0) is 13.2 Å². The van der Waals surface area contributed by atoms with Gasteiger partial charge in [-0.3, -0.25) is 0 Å². The van der Waals surface area contributed by atoms with Crippen LogP contribution >= 0.6 is 0 Å². The van der Waals surface area contributed by atoms with E-state index in [0.717, 1.165) is 22.6 Å². The predicted molar refractivity (Wildman–Crippen MR) is 80.7 cm³/mol. The Labute approximate surface area is 124 Å². The third kappa shape index (κ3) is 2.81. The Morgan fingerprint density at radius 1 is 1.05 bits per heavy atom. The van der Waals surface area contributed by atoms with Gasteiger partial charge in [0.2, 0.25) is 6.79 Å². The molecule has 110 valence electrons. The summed E-state index contributed by atoms with van der Waals surface area (Å²) < 4.78 is 16.7. The predicted octanol–water partition coefficient (Wildman–Crippen LogP) is 3.07. The minimum absolute atomic E-state index is 0.250. The van der Waals surface area contributed by atoms with Gasteiger partial charge in [0.1, 0.15) is 12.4 Å². The molecule has 0 saturated carbocycles. The summed E-state index contributed by atoms with van der Waals surface area (Å²) in [4.78, 5) is 0. The standard InChI is InChI=1S/C17H19NO3/c1-11-3-4-13(5-12(11)2)9-19-15-7-17-16(20-10-21-17)6-14(15)8-18/h3-7H,8-10,18H2,1-2H3. The van der Waals surface area contributed by atoms with Crippen LogP contribution in [-0.4, -0.2) is 6.79 Å². The van der Waals surface area contributed by atoms with Crippen LogP contribution in [0, 0.1) is 13.8 Å². The van der Waals surface area contributed by atoms with Gasteiger partial charge >= 0.3 is 0 Å². The summed E-state index contributed by atoms with van der Waals surface area (Å²) in [6, 6.07) is 10.1. The lowest BCUT2D eigenvalue weighted by Gasteiger charge is -2.12. The van der Waals surface area contributed by atoms with Crippen molar-refractivity contribution in [3.63, 3.8) is 0 Å². The van der Waals surface area contributed by atoms with Crippen molar-refractivity contribution in [2.24, 2.45) is 5.73 Å². The molecule has 2 aromatic rings. The van der Waals surface area contributed by atoms with Gasteiger partial charge in [-0.05, 0) is 36.6 Å². The van der Waals surface area contributed by atoms with E-state index in [1.54, 1.807) is 0 Å². The number of benzene rings is 2. The number of hydrogen-bond acceptors (Lipinski definition) is 4. The normalized spacial score (nSPS) is 12.5. The second kappa shape index (κ2) is 5.66. The maximum absolute atomic E-state index is 5.92. The van der Waals surface area contributed by atoms with Crippen molar-refractivity contribution in [3.05, 3.63) is 52.6 Å². The highest BCUT2D eigenvalue weighted by Crippen LogP contribution is 2.38. The van der Waals surface area contributed by atoms with Crippen LogP contribution in [0.5, 0.6) is 17.2 Å². The number of nitrogens with two attached hydrogens (primary N) is 1. The first kappa shape index (κ1) is 13.8. The molecule has 0 aromatic heterocycles. The summed E-state index contributed by atoms with van der Waals surface area (Å²) in [7, 11) is 0. The summed E-state index contributed by atoms with van der Waals surface area (Å²) >= 11 is 0. The first-order chi connectivity index (χ1) is 10.2. The van der Waals surface area contributed by atoms with Crippen LogP contribution in [0.15, 0.2) is 30.3 Å². The Balaban J connectivity index is 1.79. The molecule has 1 aliphatic heterocycles. The zero-order chi connectivity index (χ0) is 14.8. The summed E-state index contributed by atoms with van der Waals surface area (Å²) in [5, 5.41) is 0. The third-order valence-electron chi connectivity index (χ3n) is 3.74. The molecule has 0 atom stereocenters. The van der Waals surface area contributed by atoms with Crippen molar-refractivity contribution in [3.8, 4) is 17.2 Å². The molecule has 0 amide bonds. The first-order valence-corrected chi connectivity index (χ1v) is 6.99. The quantitative estimate of drug-likeness (QED) is 0.938. The fraction of sp³-hybridized carbons (Fsp3) is 0.294. The van der Waals surface area contributed by atoms with Crippen molar-refractivity contribution in [2.45, 2.75) is 27.0 Å². The fourth-order valence-electron chi connectivity index (χ4n) is 2.31. The lowest BCUT2D eigenvalue weighted by Crippen LogP contribution is -2.03. The van der Waals surface area contributed by atoms with Crippen molar-refractivity contribution < 1.29 is 14.2 Å². The van der Waals surface area contributed by atoms with Gasteiger partial charge in [-0.1, -0.05) is 18.2 Å². The molecule has 3 rings (SSSR count). The summed E-state index contributed by atoms with van der Waals surface area (Å²) in [5.74, 6) is 2.19. The molecular formula is C17H19NO3. The summed E-state index contributed by atoms with van der Waals surface area (Å²) in [6.45, 7) is 5.36. The van der Waals surface area contributed by atoms with Gasteiger partial charge in [-0.15, -0.1) is 0 Å².